The molecule has 3 aromatic carbocycles. The molecule has 0 atom stereocenters. The molecule has 150 valence electrons. The first-order valence-electron chi connectivity index (χ1n) is 10.0. The van der Waals surface area contributed by atoms with Gasteiger partial charge < -0.3 is 9.88 Å². The number of aryl methyl sites for hydroxylation is 2. The van der Waals surface area contributed by atoms with E-state index < -0.39 is 0 Å². The number of nitrogens with zero attached hydrogens (tertiary/aromatic N) is 1. The van der Waals surface area contributed by atoms with Crippen LogP contribution in [0.4, 0.5) is 0 Å². The first-order valence-corrected chi connectivity index (χ1v) is 10.0. The molecule has 0 bridgehead atoms. The number of carbonyl (C=O) groups excluding carboxylic acids is 1. The van der Waals surface area contributed by atoms with E-state index >= 15 is 0 Å². The number of benzene rings is 3. The zero-order chi connectivity index (χ0) is 21.1. The number of amides is 1. The molecule has 0 aliphatic rings. The largest absolute Gasteiger partial charge is 0.344 e. The number of nitrogens with one attached hydrogen (secondary N) is 1. The van der Waals surface area contributed by atoms with Crippen LogP contribution in [0, 0.1) is 13.8 Å². The molecular formula is C26H24N2O2. The van der Waals surface area contributed by atoms with Crippen LogP contribution in [0.1, 0.15) is 28.3 Å². The van der Waals surface area contributed by atoms with Crippen LogP contribution in [0.25, 0.3) is 10.9 Å². The zero-order valence-electron chi connectivity index (χ0n) is 17.1. The van der Waals surface area contributed by atoms with Gasteiger partial charge in [0.1, 0.15) is 6.54 Å². The van der Waals surface area contributed by atoms with Crippen molar-refractivity contribution in [1.82, 2.24) is 9.88 Å². The molecule has 0 fully saturated rings. The molecule has 0 saturated carbocycles. The second-order valence-corrected chi connectivity index (χ2v) is 7.61. The number of fused-ring (bicyclic) bond motifs is 1. The van der Waals surface area contributed by atoms with E-state index in [9.17, 15) is 9.59 Å². The Morgan fingerprint density at radius 2 is 1.50 bits per heavy atom. The third-order valence-corrected chi connectivity index (χ3v) is 5.31. The van der Waals surface area contributed by atoms with Gasteiger partial charge in [-0.2, -0.15) is 0 Å². The highest BCUT2D eigenvalue weighted by Crippen LogP contribution is 2.22. The lowest BCUT2D eigenvalue weighted by Crippen LogP contribution is -2.32. The van der Waals surface area contributed by atoms with Crippen LogP contribution in [-0.2, 0) is 11.3 Å². The predicted octanol–water partition coefficient (Wildman–Crippen LogP) is 4.52. The molecule has 4 aromatic rings. The van der Waals surface area contributed by atoms with Crippen molar-refractivity contribution in [3.05, 3.63) is 118 Å². The summed E-state index contributed by atoms with van der Waals surface area (Å²) >= 11 is 0. The lowest BCUT2D eigenvalue weighted by Gasteiger charge is -2.21. The molecule has 1 N–H and O–H groups in total. The van der Waals surface area contributed by atoms with Gasteiger partial charge in [-0.15, -0.1) is 0 Å². The molecule has 0 aliphatic carbocycles. The Morgan fingerprint density at radius 3 is 2.10 bits per heavy atom. The van der Waals surface area contributed by atoms with Crippen LogP contribution >= 0.6 is 0 Å². The summed E-state index contributed by atoms with van der Waals surface area (Å²) in [5, 5.41) is 3.83. The minimum atomic E-state index is -0.242. The molecule has 0 aliphatic heterocycles. The standard InChI is InChI=1S/C26H24N2O2/c1-18-15-19(2)25-22(16-18)28(14-13-23(25)29)17-24(30)27-26(20-9-5-3-6-10-20)21-11-7-4-8-12-21/h3-16,26H,17H2,1-2H3,(H,27,30). The first kappa shape index (κ1) is 19.6. The highest BCUT2D eigenvalue weighted by molar-refractivity contribution is 5.85. The van der Waals surface area contributed by atoms with E-state index in [1.165, 1.54) is 6.07 Å². The van der Waals surface area contributed by atoms with Gasteiger partial charge in [0, 0.05) is 17.6 Å². The Kier molecular flexibility index (Phi) is 5.48. The van der Waals surface area contributed by atoms with E-state index in [0.717, 1.165) is 27.8 Å². The fraction of sp³-hybridized carbons (Fsp3) is 0.154. The Balaban J connectivity index is 1.67. The Bertz CT molecular complexity index is 1210. The van der Waals surface area contributed by atoms with Crippen molar-refractivity contribution in [1.29, 1.82) is 0 Å². The summed E-state index contributed by atoms with van der Waals surface area (Å²) in [5.74, 6) is -0.114. The van der Waals surface area contributed by atoms with Crippen molar-refractivity contribution in [2.75, 3.05) is 0 Å². The van der Waals surface area contributed by atoms with Crippen molar-refractivity contribution in [2.45, 2.75) is 26.4 Å². The number of hydrogen-bond acceptors (Lipinski definition) is 2. The molecular weight excluding hydrogens is 372 g/mol. The highest BCUT2D eigenvalue weighted by atomic mass is 16.2. The second kappa shape index (κ2) is 8.37. The molecule has 4 rings (SSSR count). The topological polar surface area (TPSA) is 51.1 Å². The van der Waals surface area contributed by atoms with Crippen molar-refractivity contribution >= 4 is 16.8 Å². The molecule has 1 aromatic heterocycles. The summed E-state index contributed by atoms with van der Waals surface area (Å²) in [5.41, 5.74) is 4.79. The van der Waals surface area contributed by atoms with Crippen LogP contribution in [0.2, 0.25) is 0 Å². The van der Waals surface area contributed by atoms with Gasteiger partial charge in [-0.05, 0) is 42.2 Å². The van der Waals surface area contributed by atoms with E-state index in [2.05, 4.69) is 5.32 Å². The third kappa shape index (κ3) is 4.03. The fourth-order valence-electron chi connectivity index (χ4n) is 3.96. The summed E-state index contributed by atoms with van der Waals surface area (Å²) in [6, 6.07) is 25.1. The molecule has 30 heavy (non-hydrogen) atoms. The quantitative estimate of drug-likeness (QED) is 0.539. The molecule has 1 heterocycles. The van der Waals surface area contributed by atoms with Gasteiger partial charge in [0.15, 0.2) is 5.43 Å². The Morgan fingerprint density at radius 1 is 0.900 bits per heavy atom. The minimum Gasteiger partial charge on any atom is -0.344 e. The van der Waals surface area contributed by atoms with Crippen molar-refractivity contribution < 1.29 is 4.79 Å². The molecule has 0 saturated heterocycles. The summed E-state index contributed by atoms with van der Waals surface area (Å²) in [4.78, 5) is 25.4. The molecule has 1 amide bonds. The maximum atomic E-state index is 13.1. The molecule has 4 heteroatoms. The predicted molar refractivity (Wildman–Crippen MR) is 121 cm³/mol. The molecule has 0 radical (unpaired) electrons. The molecule has 0 unspecified atom stereocenters. The van der Waals surface area contributed by atoms with Crippen LogP contribution < -0.4 is 10.7 Å². The van der Waals surface area contributed by atoms with Crippen molar-refractivity contribution in [3.8, 4) is 0 Å². The summed E-state index contributed by atoms with van der Waals surface area (Å²) < 4.78 is 1.85. The zero-order valence-corrected chi connectivity index (χ0v) is 17.1. The van der Waals surface area contributed by atoms with Crippen LogP contribution in [0.15, 0.2) is 89.9 Å². The average Bonchev–Trinajstić information content (AvgIpc) is 2.75. The highest BCUT2D eigenvalue weighted by Gasteiger charge is 2.17. The molecule has 4 nitrogen and oxygen atoms in total. The van der Waals surface area contributed by atoms with Gasteiger partial charge in [-0.25, -0.2) is 0 Å². The number of rotatable bonds is 5. The SMILES string of the molecule is Cc1cc(C)c2c(=O)ccn(CC(=O)NC(c3ccccc3)c3ccccc3)c2c1. The first-order chi connectivity index (χ1) is 14.5. The van der Waals surface area contributed by atoms with Gasteiger partial charge in [-0.1, -0.05) is 66.7 Å². The lowest BCUT2D eigenvalue weighted by molar-refractivity contribution is -0.122. The maximum Gasteiger partial charge on any atom is 0.240 e. The minimum absolute atomic E-state index is 0.0226. The third-order valence-electron chi connectivity index (χ3n) is 5.31. The van der Waals surface area contributed by atoms with Crippen LogP contribution in [0.3, 0.4) is 0 Å². The summed E-state index contributed by atoms with van der Waals surface area (Å²) in [6.07, 6.45) is 1.70. The van der Waals surface area contributed by atoms with E-state index in [4.69, 9.17) is 0 Å². The summed E-state index contributed by atoms with van der Waals surface area (Å²) in [6.45, 7) is 4.06. The van der Waals surface area contributed by atoms with Gasteiger partial charge >= 0.3 is 0 Å². The van der Waals surface area contributed by atoms with Crippen molar-refractivity contribution in [2.24, 2.45) is 0 Å². The second-order valence-electron chi connectivity index (χ2n) is 7.61. The van der Waals surface area contributed by atoms with E-state index in [1.54, 1.807) is 6.20 Å². The van der Waals surface area contributed by atoms with Gasteiger partial charge in [0.05, 0.1) is 11.6 Å². The van der Waals surface area contributed by atoms with Crippen LogP contribution in [-0.4, -0.2) is 10.5 Å². The van der Waals surface area contributed by atoms with E-state index in [-0.39, 0.29) is 23.9 Å². The van der Waals surface area contributed by atoms with Gasteiger partial charge in [0.25, 0.3) is 0 Å². The van der Waals surface area contributed by atoms with E-state index in [1.807, 2.05) is 91.2 Å². The van der Waals surface area contributed by atoms with Crippen molar-refractivity contribution in [3.63, 3.8) is 0 Å². The number of pyridine rings is 1. The monoisotopic (exact) mass is 396 g/mol. The van der Waals surface area contributed by atoms with Gasteiger partial charge in [-0.3, -0.25) is 9.59 Å². The Labute approximate surface area is 175 Å². The van der Waals surface area contributed by atoms with Gasteiger partial charge in [0.2, 0.25) is 5.91 Å². The number of hydrogen-bond donors (Lipinski definition) is 1. The fourth-order valence-corrected chi connectivity index (χ4v) is 3.96. The normalized spacial score (nSPS) is 11.0. The maximum absolute atomic E-state index is 13.1. The average molecular weight is 396 g/mol. The smallest absolute Gasteiger partial charge is 0.240 e. The Hall–Kier alpha value is -3.66. The number of carbonyl (C=O) groups is 1. The lowest BCUT2D eigenvalue weighted by atomic mass is 9.99. The summed E-state index contributed by atoms with van der Waals surface area (Å²) in [7, 11) is 0. The van der Waals surface area contributed by atoms with Crippen LogP contribution in [0.5, 0.6) is 0 Å². The number of aromatic nitrogens is 1. The van der Waals surface area contributed by atoms with E-state index in [0.29, 0.717) is 5.39 Å². The molecule has 0 spiro atoms.